The molecule has 2 heterocycles. The van der Waals surface area contributed by atoms with Crippen molar-refractivity contribution in [3.05, 3.63) is 83.8 Å². The van der Waals surface area contributed by atoms with Gasteiger partial charge < -0.3 is 4.74 Å². The quantitative estimate of drug-likeness (QED) is 0.366. The molecule has 0 atom stereocenters. The molecule has 4 rings (SSSR count). The van der Waals surface area contributed by atoms with E-state index in [4.69, 9.17) is 4.74 Å². The van der Waals surface area contributed by atoms with Gasteiger partial charge in [0.05, 0.1) is 12.8 Å². The van der Waals surface area contributed by atoms with Crippen LogP contribution in [0.15, 0.2) is 66.9 Å². The maximum absolute atomic E-state index is 13.6. The van der Waals surface area contributed by atoms with Gasteiger partial charge in [-0.05, 0) is 55.8 Å². The predicted molar refractivity (Wildman–Crippen MR) is 117 cm³/mol. The van der Waals surface area contributed by atoms with E-state index in [1.807, 2.05) is 31.2 Å². The number of hydrogen-bond donors (Lipinski definition) is 0. The summed E-state index contributed by atoms with van der Waals surface area (Å²) in [5.41, 5.74) is 3.55. The largest absolute Gasteiger partial charge is 0.496 e. The summed E-state index contributed by atoms with van der Waals surface area (Å²) in [6.45, 7) is 3.77. The van der Waals surface area contributed by atoms with Crippen LogP contribution in [0, 0.1) is 13.8 Å². The molecule has 0 aliphatic rings. The van der Waals surface area contributed by atoms with Crippen LogP contribution in [0.1, 0.15) is 17.0 Å². The fourth-order valence-electron chi connectivity index (χ4n) is 3.36. The monoisotopic (exact) mass is 435 g/mol. The highest BCUT2D eigenvalue weighted by molar-refractivity contribution is 5.76. The number of aromatic nitrogens is 3. The van der Waals surface area contributed by atoms with Crippen molar-refractivity contribution < 1.29 is 17.9 Å². The maximum atomic E-state index is 13.6. The summed E-state index contributed by atoms with van der Waals surface area (Å²) in [5.74, 6) is 0.660. The van der Waals surface area contributed by atoms with Gasteiger partial charge in [0, 0.05) is 28.6 Å². The molecule has 0 N–H and O–H groups in total. The van der Waals surface area contributed by atoms with E-state index in [9.17, 15) is 13.2 Å². The van der Waals surface area contributed by atoms with Crippen molar-refractivity contribution in [1.82, 2.24) is 15.0 Å². The van der Waals surface area contributed by atoms with Crippen LogP contribution in [0.25, 0.3) is 33.8 Å². The van der Waals surface area contributed by atoms with Gasteiger partial charge in [0.2, 0.25) is 0 Å². The summed E-state index contributed by atoms with van der Waals surface area (Å²) >= 11 is 0. The lowest BCUT2D eigenvalue weighted by Gasteiger charge is -2.13. The zero-order valence-electron chi connectivity index (χ0n) is 17.7. The Morgan fingerprint density at radius 3 is 2.28 bits per heavy atom. The highest BCUT2D eigenvalue weighted by Gasteiger charge is 2.34. The van der Waals surface area contributed by atoms with E-state index >= 15 is 0 Å². The van der Waals surface area contributed by atoms with Gasteiger partial charge in [0.15, 0.2) is 5.82 Å². The Labute approximate surface area is 183 Å². The molecule has 7 heteroatoms. The molecule has 0 amide bonds. The molecule has 0 saturated carbocycles. The molecular weight excluding hydrogens is 415 g/mol. The number of nitrogens with zero attached hydrogens (tertiary/aromatic N) is 3. The second-order valence-electron chi connectivity index (χ2n) is 7.43. The van der Waals surface area contributed by atoms with Gasteiger partial charge in [-0.15, -0.1) is 0 Å². The third kappa shape index (κ3) is 4.46. The normalized spacial score (nSPS) is 11.4. The summed E-state index contributed by atoms with van der Waals surface area (Å²) in [5, 5.41) is 0. The van der Waals surface area contributed by atoms with Crippen molar-refractivity contribution in [1.29, 1.82) is 0 Å². The van der Waals surface area contributed by atoms with Crippen molar-refractivity contribution in [3.63, 3.8) is 0 Å². The number of hydrogen-bond acceptors (Lipinski definition) is 4. The number of methoxy groups -OCH3 is 1. The molecule has 0 radical (unpaired) electrons. The Balaban J connectivity index is 1.87. The molecule has 0 bridgehead atoms. The van der Waals surface area contributed by atoms with Gasteiger partial charge in [-0.1, -0.05) is 29.8 Å². The highest BCUT2D eigenvalue weighted by atomic mass is 19.4. The smallest absolute Gasteiger partial charge is 0.433 e. The fourth-order valence-corrected chi connectivity index (χ4v) is 3.36. The molecule has 0 spiro atoms. The van der Waals surface area contributed by atoms with Crippen molar-refractivity contribution in [2.45, 2.75) is 20.0 Å². The van der Waals surface area contributed by atoms with E-state index < -0.39 is 11.9 Å². The first-order valence-corrected chi connectivity index (χ1v) is 9.89. The number of halogens is 3. The lowest BCUT2D eigenvalue weighted by Crippen LogP contribution is -2.10. The molecule has 4 aromatic rings. The summed E-state index contributed by atoms with van der Waals surface area (Å²) in [6.07, 6.45) is -3.10. The number of rotatable bonds is 4. The van der Waals surface area contributed by atoms with Gasteiger partial charge >= 0.3 is 6.18 Å². The van der Waals surface area contributed by atoms with Gasteiger partial charge in [0.1, 0.15) is 11.4 Å². The minimum absolute atomic E-state index is 0.0103. The van der Waals surface area contributed by atoms with Crippen molar-refractivity contribution in [3.8, 4) is 39.5 Å². The van der Waals surface area contributed by atoms with Crippen LogP contribution >= 0.6 is 0 Å². The van der Waals surface area contributed by atoms with Crippen molar-refractivity contribution >= 4 is 0 Å². The van der Waals surface area contributed by atoms with Crippen molar-refractivity contribution in [2.24, 2.45) is 0 Å². The molecule has 0 aliphatic heterocycles. The fraction of sp³-hybridized carbons (Fsp3) is 0.160. The van der Waals surface area contributed by atoms with Crippen molar-refractivity contribution in [2.75, 3.05) is 7.11 Å². The number of aryl methyl sites for hydroxylation is 2. The molecule has 32 heavy (non-hydrogen) atoms. The Morgan fingerprint density at radius 1 is 0.812 bits per heavy atom. The maximum Gasteiger partial charge on any atom is 0.433 e. The molecule has 162 valence electrons. The second kappa shape index (κ2) is 8.42. The van der Waals surface area contributed by atoms with Gasteiger partial charge in [-0.25, -0.2) is 9.97 Å². The standard InChI is InChI=1S/C25H20F3N3O/c1-15-7-10-22(32-3)20(11-15)17-5-4-6-18(12-17)24-30-21(13-23(31-24)25(26,27)28)19-9-8-16(2)29-14-19/h4-14H,1-3H3. The van der Waals surface area contributed by atoms with Crippen LogP contribution in [0.2, 0.25) is 0 Å². The predicted octanol–water partition coefficient (Wildman–Crippen LogP) is 6.52. The lowest BCUT2D eigenvalue weighted by molar-refractivity contribution is -0.141. The first kappa shape index (κ1) is 21.5. The number of pyridine rings is 1. The first-order chi connectivity index (χ1) is 15.2. The third-order valence-corrected chi connectivity index (χ3v) is 5.01. The highest BCUT2D eigenvalue weighted by Crippen LogP contribution is 2.35. The van der Waals surface area contributed by atoms with Gasteiger partial charge in [0.25, 0.3) is 0 Å². The Bertz CT molecular complexity index is 1270. The average molecular weight is 435 g/mol. The Morgan fingerprint density at radius 2 is 1.59 bits per heavy atom. The molecule has 0 aliphatic carbocycles. The summed E-state index contributed by atoms with van der Waals surface area (Å²) in [6, 6.07) is 17.2. The molecule has 2 aromatic carbocycles. The second-order valence-corrected chi connectivity index (χ2v) is 7.43. The van der Waals surface area contributed by atoms with E-state index in [1.165, 1.54) is 6.20 Å². The zero-order valence-corrected chi connectivity index (χ0v) is 17.7. The first-order valence-electron chi connectivity index (χ1n) is 9.89. The average Bonchev–Trinajstić information content (AvgIpc) is 2.79. The van der Waals surface area contributed by atoms with Crippen LogP contribution in [0.5, 0.6) is 5.75 Å². The van der Waals surface area contributed by atoms with E-state index in [0.29, 0.717) is 16.9 Å². The lowest BCUT2D eigenvalue weighted by atomic mass is 10.00. The van der Waals surface area contributed by atoms with Crippen LogP contribution < -0.4 is 4.74 Å². The molecule has 2 aromatic heterocycles. The van der Waals surface area contributed by atoms with Crippen LogP contribution in [0.4, 0.5) is 13.2 Å². The van der Waals surface area contributed by atoms with E-state index in [1.54, 1.807) is 44.4 Å². The minimum Gasteiger partial charge on any atom is -0.496 e. The summed E-state index contributed by atoms with van der Waals surface area (Å²) < 4.78 is 46.3. The topological polar surface area (TPSA) is 47.9 Å². The molecule has 0 fully saturated rings. The summed E-state index contributed by atoms with van der Waals surface area (Å²) in [4.78, 5) is 12.4. The summed E-state index contributed by atoms with van der Waals surface area (Å²) in [7, 11) is 1.58. The third-order valence-electron chi connectivity index (χ3n) is 5.01. The molecule has 4 nitrogen and oxygen atoms in total. The van der Waals surface area contributed by atoms with Crippen LogP contribution in [-0.4, -0.2) is 22.1 Å². The van der Waals surface area contributed by atoms with E-state index in [0.717, 1.165) is 28.5 Å². The van der Waals surface area contributed by atoms with E-state index in [2.05, 4.69) is 15.0 Å². The number of benzene rings is 2. The minimum atomic E-state index is -4.61. The molecule has 0 unspecified atom stereocenters. The van der Waals surface area contributed by atoms with Crippen LogP contribution in [-0.2, 0) is 6.18 Å². The number of ether oxygens (including phenoxy) is 1. The molecular formula is C25H20F3N3O. The Kier molecular flexibility index (Phi) is 5.65. The molecule has 0 saturated heterocycles. The Hall–Kier alpha value is -3.74. The number of alkyl halides is 3. The van der Waals surface area contributed by atoms with Gasteiger partial charge in [-0.3, -0.25) is 4.98 Å². The SMILES string of the molecule is COc1ccc(C)cc1-c1cccc(-c2nc(-c3ccc(C)nc3)cc(C(F)(F)F)n2)c1. The zero-order chi connectivity index (χ0) is 22.9. The van der Waals surface area contributed by atoms with Gasteiger partial charge in [-0.2, -0.15) is 13.2 Å². The van der Waals surface area contributed by atoms with Crippen LogP contribution in [0.3, 0.4) is 0 Å². The van der Waals surface area contributed by atoms with E-state index in [-0.39, 0.29) is 11.5 Å².